The maximum atomic E-state index is 5.26. The summed E-state index contributed by atoms with van der Waals surface area (Å²) in [5.74, 6) is 2.66. The van der Waals surface area contributed by atoms with Gasteiger partial charge in [0.05, 0.1) is 7.11 Å². The fourth-order valence-electron chi connectivity index (χ4n) is 2.86. The zero-order chi connectivity index (χ0) is 16.1. The predicted molar refractivity (Wildman–Crippen MR) is 93.4 cm³/mol. The molecule has 1 fully saturated rings. The van der Waals surface area contributed by atoms with Gasteiger partial charge < -0.3 is 15.0 Å². The van der Waals surface area contributed by atoms with Crippen LogP contribution in [0.25, 0.3) is 0 Å². The van der Waals surface area contributed by atoms with Crippen LogP contribution in [0, 0.1) is 6.92 Å². The van der Waals surface area contributed by atoms with Gasteiger partial charge in [0.2, 0.25) is 5.95 Å². The number of hydrogen-bond acceptors (Lipinski definition) is 5. The number of benzene rings is 1. The van der Waals surface area contributed by atoms with Gasteiger partial charge in [-0.25, -0.2) is 4.98 Å². The smallest absolute Gasteiger partial charge is 0.227 e. The van der Waals surface area contributed by atoms with Crippen LogP contribution in [0.2, 0.25) is 0 Å². The van der Waals surface area contributed by atoms with Crippen molar-refractivity contribution in [2.75, 3.05) is 37.0 Å². The Morgan fingerprint density at radius 1 is 1.17 bits per heavy atom. The Morgan fingerprint density at radius 2 is 2.00 bits per heavy atom. The standard InChI is InChI=1S/C18H24N4O/c1-14-12-17(21-18(20-14)22-10-3-4-11-22)19-9-8-15-6-5-7-16(13-15)23-2/h5-7,12-13H,3-4,8-11H2,1-2H3,(H,19,20,21). The van der Waals surface area contributed by atoms with E-state index in [0.717, 1.165) is 49.3 Å². The third kappa shape index (κ3) is 4.12. The van der Waals surface area contributed by atoms with Gasteiger partial charge in [0.15, 0.2) is 0 Å². The number of rotatable bonds is 6. The molecule has 1 saturated heterocycles. The molecule has 0 amide bonds. The van der Waals surface area contributed by atoms with Crippen LogP contribution in [0.3, 0.4) is 0 Å². The third-order valence-electron chi connectivity index (χ3n) is 4.09. The van der Waals surface area contributed by atoms with E-state index in [4.69, 9.17) is 4.74 Å². The monoisotopic (exact) mass is 312 g/mol. The van der Waals surface area contributed by atoms with Crippen LogP contribution in [0.1, 0.15) is 24.1 Å². The molecule has 1 aliphatic rings. The topological polar surface area (TPSA) is 50.3 Å². The van der Waals surface area contributed by atoms with Crippen LogP contribution in [-0.4, -0.2) is 36.7 Å². The highest BCUT2D eigenvalue weighted by Gasteiger charge is 2.15. The average Bonchev–Trinajstić information content (AvgIpc) is 3.09. The summed E-state index contributed by atoms with van der Waals surface area (Å²) in [6.45, 7) is 4.98. The predicted octanol–water partition coefficient (Wildman–Crippen LogP) is 3.05. The van der Waals surface area contributed by atoms with E-state index in [-0.39, 0.29) is 0 Å². The van der Waals surface area contributed by atoms with Crippen molar-refractivity contribution in [3.63, 3.8) is 0 Å². The molecule has 5 heteroatoms. The van der Waals surface area contributed by atoms with Gasteiger partial charge in [0, 0.05) is 31.4 Å². The van der Waals surface area contributed by atoms with Gasteiger partial charge in [-0.15, -0.1) is 0 Å². The first-order valence-electron chi connectivity index (χ1n) is 8.22. The van der Waals surface area contributed by atoms with Crippen molar-refractivity contribution in [2.45, 2.75) is 26.2 Å². The summed E-state index contributed by atoms with van der Waals surface area (Å²) in [6.07, 6.45) is 3.39. The van der Waals surface area contributed by atoms with Gasteiger partial charge in [-0.2, -0.15) is 4.98 Å². The molecule has 1 aromatic heterocycles. The summed E-state index contributed by atoms with van der Waals surface area (Å²) >= 11 is 0. The number of anilines is 2. The third-order valence-corrected chi connectivity index (χ3v) is 4.09. The number of nitrogens with one attached hydrogen (secondary N) is 1. The number of nitrogens with zero attached hydrogens (tertiary/aromatic N) is 3. The van der Waals surface area contributed by atoms with Gasteiger partial charge in [0.25, 0.3) is 0 Å². The number of ether oxygens (including phenoxy) is 1. The number of aromatic nitrogens is 2. The molecule has 5 nitrogen and oxygen atoms in total. The summed E-state index contributed by atoms with van der Waals surface area (Å²) < 4.78 is 5.26. The minimum atomic E-state index is 0.836. The van der Waals surface area contributed by atoms with E-state index in [1.807, 2.05) is 25.1 Å². The molecular formula is C18H24N4O. The highest BCUT2D eigenvalue weighted by Crippen LogP contribution is 2.19. The molecule has 1 aromatic carbocycles. The minimum Gasteiger partial charge on any atom is -0.497 e. The lowest BCUT2D eigenvalue weighted by molar-refractivity contribution is 0.414. The Morgan fingerprint density at radius 3 is 2.78 bits per heavy atom. The molecule has 2 heterocycles. The molecule has 23 heavy (non-hydrogen) atoms. The molecular weight excluding hydrogens is 288 g/mol. The molecule has 0 spiro atoms. The molecule has 0 radical (unpaired) electrons. The maximum Gasteiger partial charge on any atom is 0.227 e. The molecule has 0 aliphatic carbocycles. The minimum absolute atomic E-state index is 0.836. The average molecular weight is 312 g/mol. The van der Waals surface area contributed by atoms with Crippen LogP contribution in [-0.2, 0) is 6.42 Å². The largest absolute Gasteiger partial charge is 0.497 e. The van der Waals surface area contributed by atoms with E-state index >= 15 is 0 Å². The van der Waals surface area contributed by atoms with Crippen molar-refractivity contribution in [3.8, 4) is 5.75 Å². The number of aryl methyl sites for hydroxylation is 1. The van der Waals surface area contributed by atoms with Crippen molar-refractivity contribution in [2.24, 2.45) is 0 Å². The van der Waals surface area contributed by atoms with Crippen LogP contribution in [0.5, 0.6) is 5.75 Å². The van der Waals surface area contributed by atoms with Gasteiger partial charge in [-0.05, 0) is 43.9 Å². The van der Waals surface area contributed by atoms with E-state index in [9.17, 15) is 0 Å². The van der Waals surface area contributed by atoms with E-state index in [2.05, 4.69) is 32.3 Å². The zero-order valence-corrected chi connectivity index (χ0v) is 13.9. The van der Waals surface area contributed by atoms with E-state index in [0.29, 0.717) is 0 Å². The lowest BCUT2D eigenvalue weighted by Gasteiger charge is -2.17. The SMILES string of the molecule is COc1cccc(CCNc2cc(C)nc(N3CCCC3)n2)c1. The Labute approximate surface area is 137 Å². The molecule has 1 aliphatic heterocycles. The van der Waals surface area contributed by atoms with Crippen LogP contribution >= 0.6 is 0 Å². The van der Waals surface area contributed by atoms with E-state index in [1.165, 1.54) is 18.4 Å². The highest BCUT2D eigenvalue weighted by molar-refractivity contribution is 5.44. The van der Waals surface area contributed by atoms with Gasteiger partial charge in [-0.1, -0.05) is 12.1 Å². The first kappa shape index (κ1) is 15.6. The Kier molecular flexibility index (Phi) is 4.95. The Hall–Kier alpha value is -2.30. The van der Waals surface area contributed by atoms with Crippen LogP contribution in [0.15, 0.2) is 30.3 Å². The van der Waals surface area contributed by atoms with Crippen LogP contribution < -0.4 is 15.0 Å². The second kappa shape index (κ2) is 7.31. The highest BCUT2D eigenvalue weighted by atomic mass is 16.5. The van der Waals surface area contributed by atoms with Crippen molar-refractivity contribution in [3.05, 3.63) is 41.6 Å². The number of hydrogen-bond donors (Lipinski definition) is 1. The summed E-state index contributed by atoms with van der Waals surface area (Å²) in [4.78, 5) is 11.5. The fraction of sp³-hybridized carbons (Fsp3) is 0.444. The van der Waals surface area contributed by atoms with Crippen LogP contribution in [0.4, 0.5) is 11.8 Å². The zero-order valence-electron chi connectivity index (χ0n) is 13.9. The number of methoxy groups -OCH3 is 1. The first-order valence-corrected chi connectivity index (χ1v) is 8.22. The second-order valence-electron chi connectivity index (χ2n) is 5.92. The summed E-state index contributed by atoms with van der Waals surface area (Å²) in [5.41, 5.74) is 2.26. The van der Waals surface area contributed by atoms with Crippen molar-refractivity contribution in [1.82, 2.24) is 9.97 Å². The molecule has 0 atom stereocenters. The molecule has 122 valence electrons. The molecule has 3 rings (SSSR count). The van der Waals surface area contributed by atoms with E-state index < -0.39 is 0 Å². The maximum absolute atomic E-state index is 5.26. The quantitative estimate of drug-likeness (QED) is 0.888. The summed E-state index contributed by atoms with van der Waals surface area (Å²) in [5, 5.41) is 3.42. The van der Waals surface area contributed by atoms with Gasteiger partial charge >= 0.3 is 0 Å². The molecule has 0 unspecified atom stereocenters. The Balaban J connectivity index is 1.61. The summed E-state index contributed by atoms with van der Waals surface area (Å²) in [6, 6.07) is 10.2. The molecule has 0 saturated carbocycles. The second-order valence-corrected chi connectivity index (χ2v) is 5.92. The van der Waals surface area contributed by atoms with Gasteiger partial charge in [-0.3, -0.25) is 0 Å². The van der Waals surface area contributed by atoms with Gasteiger partial charge in [0.1, 0.15) is 11.6 Å². The van der Waals surface area contributed by atoms with Crippen molar-refractivity contribution >= 4 is 11.8 Å². The fourth-order valence-corrected chi connectivity index (χ4v) is 2.86. The summed E-state index contributed by atoms with van der Waals surface area (Å²) in [7, 11) is 1.70. The van der Waals surface area contributed by atoms with E-state index in [1.54, 1.807) is 7.11 Å². The Bertz CT molecular complexity index is 653. The molecule has 2 aromatic rings. The normalized spacial score (nSPS) is 14.1. The first-order chi connectivity index (χ1) is 11.2. The molecule has 0 bridgehead atoms. The lowest BCUT2D eigenvalue weighted by Crippen LogP contribution is -2.21. The van der Waals surface area contributed by atoms with Crippen molar-refractivity contribution < 1.29 is 4.74 Å². The van der Waals surface area contributed by atoms with Crippen molar-refractivity contribution in [1.29, 1.82) is 0 Å². The lowest BCUT2D eigenvalue weighted by atomic mass is 10.1. The molecule has 1 N–H and O–H groups in total.